The third-order valence-corrected chi connectivity index (χ3v) is 3.53. The molecule has 0 saturated carbocycles. The highest BCUT2D eigenvalue weighted by Crippen LogP contribution is 2.20. The first-order valence-electron chi connectivity index (χ1n) is 7.05. The van der Waals surface area contributed by atoms with Crippen LogP contribution >= 0.6 is 11.8 Å². The number of hydrogen-bond donors (Lipinski definition) is 1. The topological polar surface area (TPSA) is 21.3 Å². The van der Waals surface area contributed by atoms with Crippen molar-refractivity contribution in [2.24, 2.45) is 5.92 Å². The maximum Gasteiger partial charge on any atom is 0.123 e. The molecule has 108 valence electrons. The molecule has 0 amide bonds. The molecule has 1 aromatic rings. The molecule has 0 unspecified atom stereocenters. The summed E-state index contributed by atoms with van der Waals surface area (Å²) in [6.07, 6.45) is 3.24. The fourth-order valence-corrected chi connectivity index (χ4v) is 2.27. The fraction of sp³-hybridized carbons (Fsp3) is 0.625. The number of nitrogens with one attached hydrogen (secondary N) is 1. The monoisotopic (exact) mass is 281 g/mol. The molecule has 0 aliphatic carbocycles. The Kier molecular flexibility index (Phi) is 7.99. The molecule has 1 aromatic carbocycles. The van der Waals surface area contributed by atoms with Gasteiger partial charge in [0.1, 0.15) is 5.75 Å². The third kappa shape index (κ3) is 6.88. The summed E-state index contributed by atoms with van der Waals surface area (Å²) in [5.41, 5.74) is 2.56. The van der Waals surface area contributed by atoms with Gasteiger partial charge in [-0.1, -0.05) is 31.5 Å². The van der Waals surface area contributed by atoms with Gasteiger partial charge in [0.15, 0.2) is 0 Å². The zero-order valence-electron chi connectivity index (χ0n) is 12.7. The van der Waals surface area contributed by atoms with E-state index in [1.165, 1.54) is 11.1 Å². The molecular weight excluding hydrogens is 254 g/mol. The van der Waals surface area contributed by atoms with Gasteiger partial charge in [0.2, 0.25) is 0 Å². The minimum absolute atomic E-state index is 0.677. The van der Waals surface area contributed by atoms with Gasteiger partial charge < -0.3 is 10.1 Å². The lowest BCUT2D eigenvalue weighted by atomic mass is 10.1. The minimum atomic E-state index is 0.677. The van der Waals surface area contributed by atoms with E-state index < -0.39 is 0 Å². The Labute approximate surface area is 122 Å². The van der Waals surface area contributed by atoms with Crippen molar-refractivity contribution in [1.29, 1.82) is 0 Å². The maximum atomic E-state index is 5.90. The van der Waals surface area contributed by atoms with Gasteiger partial charge in [0.05, 0.1) is 6.61 Å². The highest BCUT2D eigenvalue weighted by molar-refractivity contribution is 7.98. The van der Waals surface area contributed by atoms with E-state index in [0.717, 1.165) is 37.6 Å². The largest absolute Gasteiger partial charge is 0.493 e. The van der Waals surface area contributed by atoms with E-state index in [-0.39, 0.29) is 0 Å². The van der Waals surface area contributed by atoms with Crippen LogP contribution < -0.4 is 10.1 Å². The minimum Gasteiger partial charge on any atom is -0.493 e. The molecule has 1 N–H and O–H groups in total. The van der Waals surface area contributed by atoms with Crippen LogP contribution in [0.5, 0.6) is 5.75 Å². The molecule has 19 heavy (non-hydrogen) atoms. The first-order valence-corrected chi connectivity index (χ1v) is 8.45. The Morgan fingerprint density at radius 1 is 1.32 bits per heavy atom. The van der Waals surface area contributed by atoms with Crippen molar-refractivity contribution >= 4 is 11.8 Å². The summed E-state index contributed by atoms with van der Waals surface area (Å²) in [6.45, 7) is 9.31. The Morgan fingerprint density at radius 2 is 2.11 bits per heavy atom. The number of rotatable bonds is 9. The van der Waals surface area contributed by atoms with E-state index in [0.29, 0.717) is 5.92 Å². The van der Waals surface area contributed by atoms with Crippen LogP contribution in [0.15, 0.2) is 18.2 Å². The molecule has 0 atom stereocenters. The Balaban J connectivity index is 2.53. The number of ether oxygens (including phenoxy) is 1. The van der Waals surface area contributed by atoms with Crippen LogP contribution in [0.1, 0.15) is 31.4 Å². The van der Waals surface area contributed by atoms with E-state index in [4.69, 9.17) is 4.74 Å². The SMILES string of the molecule is CSCCCOc1ccc(C)cc1CNCC(C)C. The lowest BCUT2D eigenvalue weighted by molar-refractivity contribution is 0.314. The van der Waals surface area contributed by atoms with Crippen LogP contribution in [0.4, 0.5) is 0 Å². The normalized spacial score (nSPS) is 11.0. The second-order valence-corrected chi connectivity index (χ2v) is 6.32. The molecule has 0 aliphatic heterocycles. The van der Waals surface area contributed by atoms with Crippen molar-refractivity contribution in [3.63, 3.8) is 0 Å². The van der Waals surface area contributed by atoms with Crippen molar-refractivity contribution in [2.45, 2.75) is 33.7 Å². The predicted octanol–water partition coefficient (Wildman–Crippen LogP) is 3.87. The first-order chi connectivity index (χ1) is 9.13. The summed E-state index contributed by atoms with van der Waals surface area (Å²) in [4.78, 5) is 0. The summed E-state index contributed by atoms with van der Waals surface area (Å²) in [7, 11) is 0. The summed E-state index contributed by atoms with van der Waals surface area (Å²) in [5.74, 6) is 2.87. The average molecular weight is 281 g/mol. The van der Waals surface area contributed by atoms with Crippen LogP contribution in [0, 0.1) is 12.8 Å². The van der Waals surface area contributed by atoms with Gasteiger partial charge >= 0.3 is 0 Å². The first kappa shape index (κ1) is 16.4. The van der Waals surface area contributed by atoms with Gasteiger partial charge in [-0.15, -0.1) is 0 Å². The van der Waals surface area contributed by atoms with Crippen LogP contribution in [-0.4, -0.2) is 25.2 Å². The van der Waals surface area contributed by atoms with E-state index in [9.17, 15) is 0 Å². The molecule has 2 nitrogen and oxygen atoms in total. The van der Waals surface area contributed by atoms with E-state index >= 15 is 0 Å². The number of aryl methyl sites for hydroxylation is 1. The zero-order valence-corrected chi connectivity index (χ0v) is 13.5. The molecule has 3 heteroatoms. The summed E-state index contributed by atoms with van der Waals surface area (Å²) < 4.78 is 5.90. The van der Waals surface area contributed by atoms with Crippen molar-refractivity contribution < 1.29 is 4.74 Å². The van der Waals surface area contributed by atoms with Gasteiger partial charge in [0.25, 0.3) is 0 Å². The lowest BCUT2D eigenvalue weighted by Crippen LogP contribution is -2.19. The molecule has 0 heterocycles. The second-order valence-electron chi connectivity index (χ2n) is 5.33. The van der Waals surface area contributed by atoms with Crippen LogP contribution in [0.25, 0.3) is 0 Å². The van der Waals surface area contributed by atoms with Crippen molar-refractivity contribution in [3.05, 3.63) is 29.3 Å². The van der Waals surface area contributed by atoms with Gasteiger partial charge in [-0.3, -0.25) is 0 Å². The third-order valence-electron chi connectivity index (χ3n) is 2.83. The average Bonchev–Trinajstić information content (AvgIpc) is 2.36. The summed E-state index contributed by atoms with van der Waals surface area (Å²) >= 11 is 1.87. The highest BCUT2D eigenvalue weighted by Gasteiger charge is 2.04. The van der Waals surface area contributed by atoms with Gasteiger partial charge in [0, 0.05) is 12.1 Å². The second kappa shape index (κ2) is 9.27. The Morgan fingerprint density at radius 3 is 2.79 bits per heavy atom. The predicted molar refractivity (Wildman–Crippen MR) is 86.2 cm³/mol. The Hall–Kier alpha value is -0.670. The van der Waals surface area contributed by atoms with Crippen molar-refractivity contribution in [2.75, 3.05) is 25.2 Å². The maximum absolute atomic E-state index is 5.90. The smallest absolute Gasteiger partial charge is 0.123 e. The molecule has 0 aromatic heterocycles. The molecule has 0 aliphatic rings. The van der Waals surface area contributed by atoms with Crippen LogP contribution in [0.2, 0.25) is 0 Å². The van der Waals surface area contributed by atoms with Crippen LogP contribution in [-0.2, 0) is 6.54 Å². The fourth-order valence-electron chi connectivity index (χ4n) is 1.87. The molecule has 0 fully saturated rings. The summed E-state index contributed by atoms with van der Waals surface area (Å²) in [6, 6.07) is 6.44. The van der Waals surface area contributed by atoms with E-state index in [2.05, 4.69) is 50.5 Å². The van der Waals surface area contributed by atoms with Gasteiger partial charge in [-0.2, -0.15) is 11.8 Å². The molecule has 0 radical (unpaired) electrons. The van der Waals surface area contributed by atoms with E-state index in [1.54, 1.807) is 0 Å². The molecule has 0 bridgehead atoms. The molecule has 0 spiro atoms. The molecule has 1 rings (SSSR count). The van der Waals surface area contributed by atoms with Crippen LogP contribution in [0.3, 0.4) is 0 Å². The summed E-state index contributed by atoms with van der Waals surface area (Å²) in [5, 5.41) is 3.49. The highest BCUT2D eigenvalue weighted by atomic mass is 32.2. The van der Waals surface area contributed by atoms with E-state index in [1.807, 2.05) is 11.8 Å². The lowest BCUT2D eigenvalue weighted by Gasteiger charge is -2.14. The van der Waals surface area contributed by atoms with Gasteiger partial charge in [-0.25, -0.2) is 0 Å². The zero-order chi connectivity index (χ0) is 14.1. The molecular formula is C16H27NOS. The van der Waals surface area contributed by atoms with Gasteiger partial charge in [-0.05, 0) is 43.9 Å². The molecule has 0 saturated heterocycles. The number of benzene rings is 1. The van der Waals surface area contributed by atoms with Crippen molar-refractivity contribution in [3.8, 4) is 5.75 Å². The standard InChI is InChI=1S/C16H27NOS/c1-13(2)11-17-12-15-10-14(3)6-7-16(15)18-8-5-9-19-4/h6-7,10,13,17H,5,8-9,11-12H2,1-4H3. The quantitative estimate of drug-likeness (QED) is 0.694. The van der Waals surface area contributed by atoms with Crippen molar-refractivity contribution in [1.82, 2.24) is 5.32 Å². The number of hydrogen-bond acceptors (Lipinski definition) is 3. The number of thioether (sulfide) groups is 1. The Bertz CT molecular complexity index is 366.